The fourth-order valence-electron chi connectivity index (χ4n) is 5.81. The molecule has 4 rings (SSSR count). The van der Waals surface area contributed by atoms with E-state index < -0.39 is 0 Å². The molecule has 0 amide bonds. The summed E-state index contributed by atoms with van der Waals surface area (Å²) in [5.41, 5.74) is 1.24. The van der Waals surface area contributed by atoms with Crippen molar-refractivity contribution < 1.29 is 4.79 Å². The Morgan fingerprint density at radius 3 is 2.77 bits per heavy atom. The number of ketones is 1. The molecule has 4 aliphatic carbocycles. The molecule has 4 fully saturated rings. The van der Waals surface area contributed by atoms with Crippen LogP contribution in [0.2, 0.25) is 0 Å². The predicted octanol–water partition coefficient (Wildman–Crippen LogP) is 2.55. The van der Waals surface area contributed by atoms with Crippen molar-refractivity contribution in [1.29, 1.82) is 0 Å². The van der Waals surface area contributed by atoms with E-state index in [0.717, 1.165) is 12.3 Å². The quantitative estimate of drug-likeness (QED) is 0.554. The molecule has 0 N–H and O–H groups in total. The lowest BCUT2D eigenvalue weighted by atomic mass is 9.84. The van der Waals surface area contributed by atoms with Crippen LogP contribution in [0.5, 0.6) is 0 Å². The molecule has 1 nitrogen and oxygen atoms in total. The van der Waals surface area contributed by atoms with Gasteiger partial charge in [0, 0.05) is 11.8 Å². The molecule has 1 heteroatoms. The van der Waals surface area contributed by atoms with E-state index in [2.05, 4.69) is 6.92 Å². The number of carbonyl (C=O) groups excluding carboxylic acids is 1. The van der Waals surface area contributed by atoms with Gasteiger partial charge in [-0.05, 0) is 42.4 Å². The van der Waals surface area contributed by atoms with Crippen LogP contribution < -0.4 is 0 Å². The fraction of sp³-hybridized carbons (Fsp3) is 0.917. The zero-order valence-electron chi connectivity index (χ0n) is 8.23. The summed E-state index contributed by atoms with van der Waals surface area (Å²) in [6.45, 7) is 2.37. The van der Waals surface area contributed by atoms with Gasteiger partial charge in [0.05, 0.1) is 0 Å². The van der Waals surface area contributed by atoms with Gasteiger partial charge in [0.2, 0.25) is 0 Å². The molecule has 4 aliphatic rings. The van der Waals surface area contributed by atoms with Gasteiger partial charge in [-0.1, -0.05) is 13.3 Å². The van der Waals surface area contributed by atoms with Crippen LogP contribution in [0, 0.1) is 22.2 Å². The SMILES string of the molecule is C[C@]12CCC34CCCC3(C(=O)C1)[C@@H]42. The third kappa shape index (κ3) is 0.425. The Morgan fingerprint density at radius 1 is 1.23 bits per heavy atom. The van der Waals surface area contributed by atoms with E-state index in [1.54, 1.807) is 0 Å². The second-order valence-corrected chi connectivity index (χ2v) is 6.17. The lowest BCUT2D eigenvalue weighted by Gasteiger charge is -2.19. The highest BCUT2D eigenvalue weighted by Gasteiger charge is 2.90. The van der Waals surface area contributed by atoms with E-state index in [0.29, 0.717) is 16.6 Å². The Hall–Kier alpha value is -0.330. The van der Waals surface area contributed by atoms with Gasteiger partial charge >= 0.3 is 0 Å². The van der Waals surface area contributed by atoms with E-state index >= 15 is 0 Å². The van der Waals surface area contributed by atoms with E-state index in [1.807, 2.05) is 0 Å². The lowest BCUT2D eigenvalue weighted by molar-refractivity contribution is -0.124. The number of rotatable bonds is 0. The van der Waals surface area contributed by atoms with Crippen molar-refractivity contribution >= 4 is 5.78 Å². The zero-order chi connectivity index (χ0) is 8.90. The molecule has 13 heavy (non-hydrogen) atoms. The van der Waals surface area contributed by atoms with Gasteiger partial charge in [-0.25, -0.2) is 0 Å². The second-order valence-electron chi connectivity index (χ2n) is 6.17. The van der Waals surface area contributed by atoms with E-state index in [1.165, 1.54) is 32.1 Å². The van der Waals surface area contributed by atoms with Crippen LogP contribution in [-0.4, -0.2) is 5.78 Å². The van der Waals surface area contributed by atoms with Crippen LogP contribution in [0.4, 0.5) is 0 Å². The summed E-state index contributed by atoms with van der Waals surface area (Å²) in [5, 5.41) is 0. The minimum Gasteiger partial charge on any atom is -0.299 e. The van der Waals surface area contributed by atoms with Crippen LogP contribution >= 0.6 is 0 Å². The average Bonchev–Trinajstić information content (AvgIpc) is 2.40. The molecule has 2 unspecified atom stereocenters. The maximum Gasteiger partial charge on any atom is 0.140 e. The summed E-state index contributed by atoms with van der Waals surface area (Å²) in [5.74, 6) is 1.48. The summed E-state index contributed by atoms with van der Waals surface area (Å²) in [6.07, 6.45) is 7.58. The van der Waals surface area contributed by atoms with Gasteiger partial charge in [-0.2, -0.15) is 0 Å². The van der Waals surface area contributed by atoms with Crippen LogP contribution in [0.1, 0.15) is 45.4 Å². The van der Waals surface area contributed by atoms with Crippen molar-refractivity contribution in [2.75, 3.05) is 0 Å². The second kappa shape index (κ2) is 1.51. The Bertz CT molecular complexity index is 334. The minimum absolute atomic E-state index is 0.250. The highest BCUT2D eigenvalue weighted by atomic mass is 16.1. The molecule has 70 valence electrons. The van der Waals surface area contributed by atoms with Gasteiger partial charge in [-0.15, -0.1) is 0 Å². The minimum atomic E-state index is 0.250. The first-order chi connectivity index (χ1) is 6.16. The number of hydrogen-bond donors (Lipinski definition) is 0. The van der Waals surface area contributed by atoms with E-state index in [-0.39, 0.29) is 5.41 Å². The van der Waals surface area contributed by atoms with Crippen molar-refractivity contribution in [3.8, 4) is 0 Å². The molecule has 0 bridgehead atoms. The Balaban J connectivity index is 1.97. The third-order valence-corrected chi connectivity index (χ3v) is 5.95. The summed E-state index contributed by atoms with van der Waals surface area (Å²) < 4.78 is 0. The van der Waals surface area contributed by atoms with Crippen molar-refractivity contribution in [3.05, 3.63) is 0 Å². The molecule has 0 aromatic heterocycles. The zero-order valence-corrected chi connectivity index (χ0v) is 8.23. The van der Waals surface area contributed by atoms with Crippen LogP contribution in [0.25, 0.3) is 0 Å². The molecule has 0 aromatic rings. The first-order valence-corrected chi connectivity index (χ1v) is 5.69. The standard InChI is InChI=1S/C12H16O/c1-10-5-6-11-3-2-4-12(11,9(10)11)8(13)7-10/h9H,2-7H2,1H3/t9-,10+,11?,12?/m1/s1. The molecule has 0 aliphatic heterocycles. The summed E-state index contributed by atoms with van der Waals surface area (Å²) in [4.78, 5) is 12.1. The van der Waals surface area contributed by atoms with E-state index in [4.69, 9.17) is 0 Å². The summed E-state index contributed by atoms with van der Waals surface area (Å²) >= 11 is 0. The topological polar surface area (TPSA) is 17.1 Å². The number of carbonyl (C=O) groups is 1. The molecule has 4 atom stereocenters. The molecule has 0 aromatic carbocycles. The molecular weight excluding hydrogens is 160 g/mol. The number of hydrogen-bond acceptors (Lipinski definition) is 1. The van der Waals surface area contributed by atoms with Crippen LogP contribution in [-0.2, 0) is 4.79 Å². The highest BCUT2D eigenvalue weighted by molar-refractivity contribution is 5.95. The van der Waals surface area contributed by atoms with Crippen molar-refractivity contribution in [3.63, 3.8) is 0 Å². The normalized spacial score (nSPS) is 66.8. The van der Waals surface area contributed by atoms with Gasteiger partial charge in [-0.3, -0.25) is 4.79 Å². The molecule has 2 spiro atoms. The third-order valence-electron chi connectivity index (χ3n) is 5.95. The van der Waals surface area contributed by atoms with Crippen molar-refractivity contribution in [2.45, 2.75) is 45.4 Å². The lowest BCUT2D eigenvalue weighted by Crippen LogP contribution is -2.17. The molecule has 0 radical (unpaired) electrons. The highest BCUT2D eigenvalue weighted by Crippen LogP contribution is 2.92. The monoisotopic (exact) mass is 176 g/mol. The largest absolute Gasteiger partial charge is 0.299 e. The van der Waals surface area contributed by atoms with Gasteiger partial charge in [0.25, 0.3) is 0 Å². The summed E-state index contributed by atoms with van der Waals surface area (Å²) in [6, 6.07) is 0. The summed E-state index contributed by atoms with van der Waals surface area (Å²) in [7, 11) is 0. The maximum absolute atomic E-state index is 12.1. The van der Waals surface area contributed by atoms with Crippen LogP contribution in [0.3, 0.4) is 0 Å². The molecule has 0 saturated heterocycles. The van der Waals surface area contributed by atoms with Crippen LogP contribution in [0.15, 0.2) is 0 Å². The molecule has 0 heterocycles. The Labute approximate surface area is 78.9 Å². The predicted molar refractivity (Wildman–Crippen MR) is 49.2 cm³/mol. The first kappa shape index (κ1) is 7.03. The smallest absolute Gasteiger partial charge is 0.140 e. The van der Waals surface area contributed by atoms with Crippen molar-refractivity contribution in [1.82, 2.24) is 0 Å². The Kier molecular flexibility index (Phi) is 0.816. The molecular formula is C12H16O. The van der Waals surface area contributed by atoms with E-state index in [9.17, 15) is 4.79 Å². The van der Waals surface area contributed by atoms with Gasteiger partial charge in [0.15, 0.2) is 0 Å². The van der Waals surface area contributed by atoms with Gasteiger partial charge < -0.3 is 0 Å². The Morgan fingerprint density at radius 2 is 2.08 bits per heavy atom. The first-order valence-electron chi connectivity index (χ1n) is 5.69. The molecule has 4 saturated carbocycles. The number of Topliss-reactive ketones (excluding diaryl/α,β-unsaturated/α-hetero) is 1. The average molecular weight is 176 g/mol. The maximum atomic E-state index is 12.1. The fourth-order valence-corrected chi connectivity index (χ4v) is 5.81. The van der Waals surface area contributed by atoms with Gasteiger partial charge in [0.1, 0.15) is 5.78 Å². The van der Waals surface area contributed by atoms with Crippen molar-refractivity contribution in [2.24, 2.45) is 22.2 Å².